The molecule has 0 spiro atoms. The molecular weight excluding hydrogens is 566 g/mol. The number of aliphatic hydroxyl groups excluding tert-OH is 1. The third kappa shape index (κ3) is 5.73. The van der Waals surface area contributed by atoms with Crippen molar-refractivity contribution >= 4 is 39.5 Å². The van der Waals surface area contributed by atoms with Gasteiger partial charge >= 0.3 is 5.97 Å². The molecule has 1 amide bonds. The SMILES string of the molecule is Nc1ccc(S(=O)(=O)N(C(=O)c2cc3c(cc2OC(=O)C=Cc2ccc(O)c(CO)c2)OCO3)c2ccccn2)cc1. The minimum atomic E-state index is -4.54. The summed E-state index contributed by atoms with van der Waals surface area (Å²) in [6.07, 6.45) is 3.76. The van der Waals surface area contributed by atoms with E-state index in [0.29, 0.717) is 15.6 Å². The molecule has 0 radical (unpaired) electrons. The number of hydrogen-bond donors (Lipinski definition) is 3. The van der Waals surface area contributed by atoms with Gasteiger partial charge in [-0.3, -0.25) is 4.79 Å². The predicted molar refractivity (Wildman–Crippen MR) is 150 cm³/mol. The van der Waals surface area contributed by atoms with Crippen LogP contribution < -0.4 is 24.2 Å². The van der Waals surface area contributed by atoms with Crippen molar-refractivity contribution in [2.75, 3.05) is 16.8 Å². The number of amides is 1. The zero-order valence-electron chi connectivity index (χ0n) is 21.7. The van der Waals surface area contributed by atoms with Crippen molar-refractivity contribution in [3.05, 3.63) is 102 Å². The molecule has 2 heterocycles. The van der Waals surface area contributed by atoms with Crippen LogP contribution in [0.25, 0.3) is 6.08 Å². The van der Waals surface area contributed by atoms with Gasteiger partial charge in [0.25, 0.3) is 15.9 Å². The van der Waals surface area contributed by atoms with E-state index in [4.69, 9.17) is 19.9 Å². The van der Waals surface area contributed by atoms with E-state index < -0.39 is 28.5 Å². The van der Waals surface area contributed by atoms with Crippen molar-refractivity contribution in [1.82, 2.24) is 4.98 Å². The fourth-order valence-electron chi connectivity index (χ4n) is 3.98. The lowest BCUT2D eigenvalue weighted by molar-refractivity contribution is -0.128. The van der Waals surface area contributed by atoms with E-state index in [1.54, 1.807) is 6.07 Å². The summed E-state index contributed by atoms with van der Waals surface area (Å²) in [5, 5.41) is 19.1. The molecular formula is C29H23N3O9S. The molecule has 214 valence electrons. The number of anilines is 2. The number of ether oxygens (including phenoxy) is 3. The van der Waals surface area contributed by atoms with Crippen LogP contribution in [0.15, 0.2) is 90.0 Å². The molecule has 0 bridgehead atoms. The second kappa shape index (κ2) is 11.6. The summed E-state index contributed by atoms with van der Waals surface area (Å²) < 4.78 is 44.3. The smallest absolute Gasteiger partial charge is 0.336 e. The van der Waals surface area contributed by atoms with Gasteiger partial charge in [-0.25, -0.2) is 18.2 Å². The highest BCUT2D eigenvalue weighted by Gasteiger charge is 2.36. The zero-order valence-corrected chi connectivity index (χ0v) is 22.5. The number of nitrogens with zero attached hydrogens (tertiary/aromatic N) is 2. The Morgan fingerprint density at radius 3 is 2.45 bits per heavy atom. The van der Waals surface area contributed by atoms with Gasteiger partial charge in [0, 0.05) is 35.7 Å². The first-order chi connectivity index (χ1) is 20.2. The quantitative estimate of drug-likeness (QED) is 0.119. The van der Waals surface area contributed by atoms with Gasteiger partial charge in [0.15, 0.2) is 17.3 Å². The number of hydrogen-bond acceptors (Lipinski definition) is 11. The van der Waals surface area contributed by atoms with Crippen LogP contribution >= 0.6 is 0 Å². The molecule has 13 heteroatoms. The molecule has 0 aliphatic carbocycles. The molecule has 3 aromatic carbocycles. The van der Waals surface area contributed by atoms with Gasteiger partial charge in [0.05, 0.1) is 17.1 Å². The maximum atomic E-state index is 14.0. The van der Waals surface area contributed by atoms with Crippen molar-refractivity contribution in [2.24, 2.45) is 0 Å². The molecule has 42 heavy (non-hydrogen) atoms. The number of phenols is 1. The molecule has 1 aliphatic heterocycles. The Labute approximate surface area is 239 Å². The number of carbonyl (C=O) groups is 2. The fourth-order valence-corrected chi connectivity index (χ4v) is 5.34. The summed E-state index contributed by atoms with van der Waals surface area (Å²) >= 11 is 0. The minimum absolute atomic E-state index is 0.105. The maximum absolute atomic E-state index is 14.0. The lowest BCUT2D eigenvalue weighted by atomic mass is 10.1. The van der Waals surface area contributed by atoms with Gasteiger partial charge in [-0.05, 0) is 60.2 Å². The van der Waals surface area contributed by atoms with E-state index in [9.17, 15) is 28.2 Å². The number of aromatic nitrogens is 1. The van der Waals surface area contributed by atoms with E-state index >= 15 is 0 Å². The number of rotatable bonds is 8. The number of pyridine rings is 1. The first-order valence-electron chi connectivity index (χ1n) is 12.3. The van der Waals surface area contributed by atoms with Gasteiger partial charge in [0.2, 0.25) is 6.79 Å². The maximum Gasteiger partial charge on any atom is 0.336 e. The second-order valence-electron chi connectivity index (χ2n) is 8.83. The highest BCUT2D eigenvalue weighted by molar-refractivity contribution is 7.93. The fraction of sp³-hybridized carbons (Fsp3) is 0.0690. The van der Waals surface area contributed by atoms with Crippen molar-refractivity contribution in [1.29, 1.82) is 0 Å². The van der Waals surface area contributed by atoms with Crippen molar-refractivity contribution in [2.45, 2.75) is 11.5 Å². The van der Waals surface area contributed by atoms with Gasteiger partial charge < -0.3 is 30.2 Å². The first-order valence-corrected chi connectivity index (χ1v) is 13.7. The van der Waals surface area contributed by atoms with E-state index in [1.165, 1.54) is 79.0 Å². The largest absolute Gasteiger partial charge is 0.508 e. The normalized spacial score (nSPS) is 12.3. The molecule has 4 N–H and O–H groups in total. The van der Waals surface area contributed by atoms with Gasteiger partial charge in [-0.2, -0.15) is 4.31 Å². The molecule has 1 aromatic heterocycles. The number of nitrogens with two attached hydrogens (primary N) is 1. The minimum Gasteiger partial charge on any atom is -0.508 e. The third-order valence-corrected chi connectivity index (χ3v) is 7.76. The van der Waals surface area contributed by atoms with Gasteiger partial charge in [-0.15, -0.1) is 0 Å². The van der Waals surface area contributed by atoms with E-state index in [0.717, 1.165) is 6.08 Å². The van der Waals surface area contributed by atoms with E-state index in [1.807, 2.05) is 0 Å². The summed E-state index contributed by atoms with van der Waals surface area (Å²) in [5.74, 6) is -2.29. The summed E-state index contributed by atoms with van der Waals surface area (Å²) in [5.41, 5.74) is 6.45. The lowest BCUT2D eigenvalue weighted by Crippen LogP contribution is -2.38. The zero-order chi connectivity index (χ0) is 29.9. The molecule has 0 fully saturated rings. The van der Waals surface area contributed by atoms with Crippen LogP contribution in [0.3, 0.4) is 0 Å². The van der Waals surface area contributed by atoms with Crippen LogP contribution in [0.4, 0.5) is 11.5 Å². The topological polar surface area (TPSA) is 179 Å². The van der Waals surface area contributed by atoms with E-state index in [2.05, 4.69) is 4.98 Å². The predicted octanol–water partition coefficient (Wildman–Crippen LogP) is 3.24. The molecule has 12 nitrogen and oxygen atoms in total. The summed E-state index contributed by atoms with van der Waals surface area (Å²) in [6, 6.07) is 16.5. The Balaban J connectivity index is 1.54. The standard InChI is InChI=1S/C29H23N3O9S/c30-20-6-8-21(9-7-20)42(37,38)32(27-3-1-2-12-31-27)29(36)22-14-25-26(40-17-39-25)15-24(22)41-28(35)11-5-18-4-10-23(34)19(13-18)16-33/h1-15,33-34H,16-17,30H2. The Kier molecular flexibility index (Phi) is 7.78. The van der Waals surface area contributed by atoms with Crippen LogP contribution in [0.1, 0.15) is 21.5 Å². The van der Waals surface area contributed by atoms with E-state index in [-0.39, 0.29) is 51.6 Å². The lowest BCUT2D eigenvalue weighted by Gasteiger charge is -2.22. The molecule has 5 rings (SSSR count). The monoisotopic (exact) mass is 589 g/mol. The first kappa shape index (κ1) is 28.1. The molecule has 0 saturated carbocycles. The van der Waals surface area contributed by atoms with Crippen molar-refractivity contribution in [3.8, 4) is 23.0 Å². The Hall–Kier alpha value is -5.40. The highest BCUT2D eigenvalue weighted by atomic mass is 32.2. The second-order valence-corrected chi connectivity index (χ2v) is 10.6. The summed E-state index contributed by atoms with van der Waals surface area (Å²) in [4.78, 5) is 30.7. The molecule has 4 aromatic rings. The van der Waals surface area contributed by atoms with Crippen molar-refractivity contribution in [3.63, 3.8) is 0 Å². The van der Waals surface area contributed by atoms with Crippen LogP contribution in [-0.2, 0) is 21.4 Å². The Morgan fingerprint density at radius 2 is 1.76 bits per heavy atom. The van der Waals surface area contributed by atoms with Crippen molar-refractivity contribution < 1.29 is 42.4 Å². The Morgan fingerprint density at radius 1 is 1.02 bits per heavy atom. The number of aromatic hydroxyl groups is 1. The third-order valence-electron chi connectivity index (χ3n) is 6.06. The Bertz CT molecular complexity index is 1790. The highest BCUT2D eigenvalue weighted by Crippen LogP contribution is 2.40. The van der Waals surface area contributed by atoms with Crippen LogP contribution in [0.5, 0.6) is 23.0 Å². The van der Waals surface area contributed by atoms with Crippen LogP contribution in [0.2, 0.25) is 0 Å². The number of aliphatic hydroxyl groups is 1. The molecule has 0 unspecified atom stereocenters. The number of benzene rings is 3. The van der Waals surface area contributed by atoms with Crippen LogP contribution in [0, 0.1) is 0 Å². The average Bonchev–Trinajstić information content (AvgIpc) is 3.44. The van der Waals surface area contributed by atoms with Gasteiger partial charge in [-0.1, -0.05) is 12.1 Å². The average molecular weight is 590 g/mol. The summed E-state index contributed by atoms with van der Waals surface area (Å²) in [7, 11) is -4.54. The van der Waals surface area contributed by atoms with Gasteiger partial charge in [0.1, 0.15) is 11.5 Å². The molecule has 0 saturated heterocycles. The number of fused-ring (bicyclic) bond motifs is 1. The number of sulfonamides is 1. The number of carbonyl (C=O) groups excluding carboxylic acids is 2. The summed E-state index contributed by atoms with van der Waals surface area (Å²) in [6.45, 7) is -0.575. The number of esters is 1. The van der Waals surface area contributed by atoms with Crippen LogP contribution in [-0.4, -0.2) is 42.3 Å². The number of nitrogen functional groups attached to an aromatic ring is 1. The molecule has 0 atom stereocenters. The molecule has 1 aliphatic rings.